The quantitative estimate of drug-likeness (QED) is 0.528. The summed E-state index contributed by atoms with van der Waals surface area (Å²) >= 11 is 0. The molecule has 0 aromatic heterocycles. The minimum absolute atomic E-state index is 0.795. The Hall–Kier alpha value is 0.170. The van der Waals surface area contributed by atoms with Crippen LogP contribution in [0.5, 0.6) is 0 Å². The molecule has 1 amide bonds. The van der Waals surface area contributed by atoms with E-state index in [0.717, 1.165) is 18.9 Å². The molecule has 2 nitrogen and oxygen atoms in total. The number of rotatable bonds is 5. The Morgan fingerprint density at radius 3 is 2.08 bits per heavy atom. The van der Waals surface area contributed by atoms with Crippen LogP contribution in [0.15, 0.2) is 0 Å². The van der Waals surface area contributed by atoms with Gasteiger partial charge in [-0.1, -0.05) is 35.4 Å². The van der Waals surface area contributed by atoms with Gasteiger partial charge in [-0.25, -0.2) is 0 Å². The number of carbonyl (C=O) groups is 1. The van der Waals surface area contributed by atoms with Gasteiger partial charge in [0.25, 0.3) is 0 Å². The van der Waals surface area contributed by atoms with E-state index in [1.165, 1.54) is 5.75 Å². The van der Waals surface area contributed by atoms with Crippen molar-refractivity contribution in [3.05, 3.63) is 0 Å². The molecule has 4 heteroatoms. The van der Waals surface area contributed by atoms with Crippen molar-refractivity contribution >= 4 is 28.0 Å². The monoisotopic (exact) mass is 223 g/mol. The minimum atomic E-state index is 0.795. The van der Waals surface area contributed by atoms with E-state index in [-0.39, 0.29) is 0 Å². The maximum absolute atomic E-state index is 9.66. The average molecular weight is 223 g/mol. The molecule has 0 unspecified atom stereocenters. The van der Waals surface area contributed by atoms with E-state index < -0.39 is 0 Å². The minimum Gasteiger partial charge on any atom is -0.349 e. The van der Waals surface area contributed by atoms with Gasteiger partial charge in [0.2, 0.25) is 6.41 Å². The standard InChI is InChI=1S/C5H12S2.C4H9NO/c1-5(2)4-7-6-3;1-3-5(2)4-6/h5H,4H2,1-3H3;4H,3H2,1-2H3. The normalized spacial score (nSPS) is 9.08. The topological polar surface area (TPSA) is 20.3 Å². The summed E-state index contributed by atoms with van der Waals surface area (Å²) < 4.78 is 0. The first-order chi connectivity index (χ1) is 6.08. The van der Waals surface area contributed by atoms with E-state index in [1.54, 1.807) is 11.9 Å². The highest BCUT2D eigenvalue weighted by Crippen LogP contribution is 2.19. The first-order valence-electron chi connectivity index (χ1n) is 4.39. The molecule has 0 aromatic carbocycles. The van der Waals surface area contributed by atoms with Crippen molar-refractivity contribution in [2.45, 2.75) is 20.8 Å². The summed E-state index contributed by atoms with van der Waals surface area (Å²) in [5.41, 5.74) is 0. The van der Waals surface area contributed by atoms with Crippen LogP contribution in [0.4, 0.5) is 0 Å². The maximum atomic E-state index is 9.66. The molecule has 0 aliphatic carbocycles. The molecule has 0 heterocycles. The molecule has 0 bridgehead atoms. The van der Waals surface area contributed by atoms with Crippen LogP contribution in [0.1, 0.15) is 20.8 Å². The summed E-state index contributed by atoms with van der Waals surface area (Å²) in [5.74, 6) is 2.12. The molecule has 0 atom stereocenters. The Bertz CT molecular complexity index is 110. The number of nitrogens with zero attached hydrogens (tertiary/aromatic N) is 1. The summed E-state index contributed by atoms with van der Waals surface area (Å²) in [6, 6.07) is 0. The summed E-state index contributed by atoms with van der Waals surface area (Å²) in [5, 5.41) is 0. The van der Waals surface area contributed by atoms with Crippen molar-refractivity contribution in [2.24, 2.45) is 5.92 Å². The van der Waals surface area contributed by atoms with Gasteiger partial charge >= 0.3 is 0 Å². The van der Waals surface area contributed by atoms with E-state index in [4.69, 9.17) is 0 Å². The smallest absolute Gasteiger partial charge is 0.209 e. The summed E-state index contributed by atoms with van der Waals surface area (Å²) in [4.78, 5) is 11.2. The van der Waals surface area contributed by atoms with E-state index in [1.807, 2.05) is 28.5 Å². The third-order valence-electron chi connectivity index (χ3n) is 1.20. The average Bonchev–Trinajstić information content (AvgIpc) is 2.14. The fourth-order valence-electron chi connectivity index (χ4n) is 0.279. The molecular formula is C9H21NOS2. The van der Waals surface area contributed by atoms with Crippen LogP contribution < -0.4 is 0 Å². The van der Waals surface area contributed by atoms with Gasteiger partial charge in [0, 0.05) is 19.3 Å². The second-order valence-corrected chi connectivity index (χ2v) is 5.63. The predicted molar refractivity (Wildman–Crippen MR) is 65.2 cm³/mol. The van der Waals surface area contributed by atoms with E-state index in [9.17, 15) is 4.79 Å². The molecule has 0 N–H and O–H groups in total. The zero-order chi connectivity index (χ0) is 10.7. The van der Waals surface area contributed by atoms with Gasteiger partial charge in [-0.2, -0.15) is 0 Å². The second-order valence-electron chi connectivity index (χ2n) is 3.02. The first-order valence-corrected chi connectivity index (χ1v) is 7.12. The lowest BCUT2D eigenvalue weighted by atomic mass is 10.3. The van der Waals surface area contributed by atoms with Crippen molar-refractivity contribution in [3.63, 3.8) is 0 Å². The fourth-order valence-corrected chi connectivity index (χ4v) is 1.91. The lowest BCUT2D eigenvalue weighted by Crippen LogP contribution is -2.13. The highest BCUT2D eigenvalue weighted by molar-refractivity contribution is 8.76. The Morgan fingerprint density at radius 2 is 2.00 bits per heavy atom. The van der Waals surface area contributed by atoms with Crippen LogP contribution in [0.25, 0.3) is 0 Å². The van der Waals surface area contributed by atoms with Crippen molar-refractivity contribution in [2.75, 3.05) is 25.6 Å². The van der Waals surface area contributed by atoms with E-state index in [0.29, 0.717) is 0 Å². The third-order valence-corrected chi connectivity index (χ3v) is 3.35. The molecule has 0 aromatic rings. The zero-order valence-electron chi connectivity index (χ0n) is 9.24. The second kappa shape index (κ2) is 12.2. The number of hydrogen-bond acceptors (Lipinski definition) is 3. The molecule has 0 aliphatic rings. The lowest BCUT2D eigenvalue weighted by Gasteiger charge is -2.01. The molecule has 0 fully saturated rings. The molecule has 0 radical (unpaired) electrons. The molecule has 0 aliphatic heterocycles. The van der Waals surface area contributed by atoms with Crippen LogP contribution in [0.2, 0.25) is 0 Å². The summed E-state index contributed by atoms with van der Waals surface area (Å²) in [6.07, 6.45) is 2.92. The van der Waals surface area contributed by atoms with Crippen LogP contribution >= 0.6 is 21.6 Å². The van der Waals surface area contributed by atoms with E-state index >= 15 is 0 Å². The van der Waals surface area contributed by atoms with Gasteiger partial charge in [0.1, 0.15) is 0 Å². The lowest BCUT2D eigenvalue weighted by molar-refractivity contribution is -0.116. The third kappa shape index (κ3) is 18.9. The van der Waals surface area contributed by atoms with Crippen LogP contribution in [-0.4, -0.2) is 36.9 Å². The Kier molecular flexibility index (Phi) is 14.6. The Balaban J connectivity index is 0. The van der Waals surface area contributed by atoms with Crippen molar-refractivity contribution in [1.82, 2.24) is 4.90 Å². The largest absolute Gasteiger partial charge is 0.349 e. The highest BCUT2D eigenvalue weighted by atomic mass is 33.1. The zero-order valence-corrected chi connectivity index (χ0v) is 10.9. The van der Waals surface area contributed by atoms with Gasteiger partial charge in [-0.05, 0) is 19.1 Å². The fraction of sp³-hybridized carbons (Fsp3) is 0.889. The van der Waals surface area contributed by atoms with Crippen LogP contribution in [0, 0.1) is 5.92 Å². The number of amides is 1. The molecule has 0 rings (SSSR count). The highest BCUT2D eigenvalue weighted by Gasteiger charge is 1.89. The molecule has 0 spiro atoms. The first kappa shape index (κ1) is 15.6. The van der Waals surface area contributed by atoms with Crippen molar-refractivity contribution in [3.8, 4) is 0 Å². The van der Waals surface area contributed by atoms with Crippen LogP contribution in [-0.2, 0) is 4.79 Å². The number of hydrogen-bond donors (Lipinski definition) is 0. The van der Waals surface area contributed by atoms with Crippen LogP contribution in [0.3, 0.4) is 0 Å². The summed E-state index contributed by atoms with van der Waals surface area (Å²) in [7, 11) is 5.52. The molecule has 0 saturated carbocycles. The number of carbonyl (C=O) groups excluding carboxylic acids is 1. The van der Waals surface area contributed by atoms with E-state index in [2.05, 4.69) is 20.1 Å². The maximum Gasteiger partial charge on any atom is 0.209 e. The molecule has 0 saturated heterocycles. The molecular weight excluding hydrogens is 202 g/mol. The van der Waals surface area contributed by atoms with Gasteiger partial charge in [-0.3, -0.25) is 4.79 Å². The molecule has 80 valence electrons. The van der Waals surface area contributed by atoms with Gasteiger partial charge in [0.05, 0.1) is 0 Å². The van der Waals surface area contributed by atoms with Gasteiger partial charge in [-0.15, -0.1) is 0 Å². The Labute approximate surface area is 90.2 Å². The van der Waals surface area contributed by atoms with Crippen molar-refractivity contribution in [1.29, 1.82) is 0 Å². The van der Waals surface area contributed by atoms with Gasteiger partial charge < -0.3 is 4.90 Å². The van der Waals surface area contributed by atoms with Gasteiger partial charge in [0.15, 0.2) is 0 Å². The SMILES string of the molecule is CCN(C)C=O.CSSCC(C)C. The Morgan fingerprint density at radius 1 is 1.46 bits per heavy atom. The summed E-state index contributed by atoms with van der Waals surface area (Å²) in [6.45, 7) is 7.20. The van der Waals surface area contributed by atoms with Crippen molar-refractivity contribution < 1.29 is 4.79 Å². The predicted octanol–water partition coefficient (Wildman–Crippen LogP) is 2.75. The molecule has 13 heavy (non-hydrogen) atoms.